The second kappa shape index (κ2) is 9.28. The standard InChI is InChI=1S/C21H20ClNO5/c1-14-3-6-16(22)12-17(14)23-20(24)13-28-21(25)8-5-15-4-7-18-19(11-15)27-10-2-9-26-18/h3-8,11-12H,2,9-10,13H2,1H3,(H,23,24)/b8-5+. The van der Waals surface area contributed by atoms with E-state index in [1.165, 1.54) is 6.08 Å². The zero-order chi connectivity index (χ0) is 19.9. The van der Waals surface area contributed by atoms with Gasteiger partial charge in [0.25, 0.3) is 5.91 Å². The van der Waals surface area contributed by atoms with E-state index in [2.05, 4.69) is 5.32 Å². The maximum atomic E-state index is 12.0. The van der Waals surface area contributed by atoms with E-state index in [9.17, 15) is 9.59 Å². The van der Waals surface area contributed by atoms with E-state index in [1.807, 2.05) is 13.0 Å². The largest absolute Gasteiger partial charge is 0.490 e. The third-order valence-corrected chi connectivity index (χ3v) is 4.24. The Labute approximate surface area is 168 Å². The predicted octanol–water partition coefficient (Wildman–Crippen LogP) is 4.00. The Morgan fingerprint density at radius 3 is 2.75 bits per heavy atom. The van der Waals surface area contributed by atoms with Gasteiger partial charge in [-0.1, -0.05) is 23.7 Å². The maximum absolute atomic E-state index is 12.0. The number of aryl methyl sites for hydroxylation is 1. The van der Waals surface area contributed by atoms with Crippen LogP contribution in [0.1, 0.15) is 17.5 Å². The molecular formula is C21H20ClNO5. The van der Waals surface area contributed by atoms with Crippen LogP contribution in [0.4, 0.5) is 5.69 Å². The lowest BCUT2D eigenvalue weighted by atomic mass is 10.2. The van der Waals surface area contributed by atoms with Crippen LogP contribution in [-0.2, 0) is 14.3 Å². The van der Waals surface area contributed by atoms with Crippen molar-refractivity contribution in [1.29, 1.82) is 0 Å². The van der Waals surface area contributed by atoms with E-state index in [0.29, 0.717) is 35.4 Å². The minimum absolute atomic E-state index is 0.393. The van der Waals surface area contributed by atoms with Gasteiger partial charge in [-0.3, -0.25) is 4.79 Å². The lowest BCUT2D eigenvalue weighted by Crippen LogP contribution is -2.20. The minimum Gasteiger partial charge on any atom is -0.490 e. The molecule has 6 nitrogen and oxygen atoms in total. The highest BCUT2D eigenvalue weighted by Gasteiger charge is 2.11. The lowest BCUT2D eigenvalue weighted by Gasteiger charge is -2.09. The van der Waals surface area contributed by atoms with Crippen molar-refractivity contribution in [3.8, 4) is 11.5 Å². The summed E-state index contributed by atoms with van der Waals surface area (Å²) in [5.41, 5.74) is 2.20. The van der Waals surface area contributed by atoms with E-state index in [1.54, 1.807) is 36.4 Å². The van der Waals surface area contributed by atoms with Crippen LogP contribution in [0, 0.1) is 6.92 Å². The fraction of sp³-hybridized carbons (Fsp3) is 0.238. The fourth-order valence-electron chi connectivity index (χ4n) is 2.55. The average Bonchev–Trinajstić information content (AvgIpc) is 2.92. The Balaban J connectivity index is 1.52. The first-order valence-electron chi connectivity index (χ1n) is 8.82. The summed E-state index contributed by atoms with van der Waals surface area (Å²) in [6, 6.07) is 10.6. The summed E-state index contributed by atoms with van der Waals surface area (Å²) in [6.07, 6.45) is 3.68. The number of halogens is 1. The number of hydrogen-bond acceptors (Lipinski definition) is 5. The molecule has 2 aromatic carbocycles. The van der Waals surface area contributed by atoms with Gasteiger partial charge in [0, 0.05) is 23.2 Å². The van der Waals surface area contributed by atoms with E-state index in [0.717, 1.165) is 17.5 Å². The molecule has 3 rings (SSSR count). The lowest BCUT2D eigenvalue weighted by molar-refractivity contribution is -0.142. The Morgan fingerprint density at radius 2 is 1.93 bits per heavy atom. The number of carbonyl (C=O) groups excluding carboxylic acids is 2. The Kier molecular flexibility index (Phi) is 6.55. The quantitative estimate of drug-likeness (QED) is 0.605. The molecule has 2 aromatic rings. The normalized spacial score (nSPS) is 13.1. The molecule has 0 saturated heterocycles. The van der Waals surface area contributed by atoms with Gasteiger partial charge < -0.3 is 19.5 Å². The summed E-state index contributed by atoms with van der Waals surface area (Å²) in [4.78, 5) is 23.8. The minimum atomic E-state index is -0.620. The molecule has 146 valence electrons. The van der Waals surface area contributed by atoms with Crippen LogP contribution in [0.3, 0.4) is 0 Å². The number of hydrogen-bond donors (Lipinski definition) is 1. The smallest absolute Gasteiger partial charge is 0.331 e. The molecule has 0 saturated carbocycles. The van der Waals surface area contributed by atoms with Crippen molar-refractivity contribution >= 4 is 35.2 Å². The highest BCUT2D eigenvalue weighted by molar-refractivity contribution is 6.31. The van der Waals surface area contributed by atoms with Crippen LogP contribution in [0.25, 0.3) is 6.08 Å². The van der Waals surface area contributed by atoms with Crippen molar-refractivity contribution in [3.63, 3.8) is 0 Å². The molecule has 0 aromatic heterocycles. The maximum Gasteiger partial charge on any atom is 0.331 e. The van der Waals surface area contributed by atoms with Gasteiger partial charge in [0.1, 0.15) is 0 Å². The van der Waals surface area contributed by atoms with E-state index in [-0.39, 0.29) is 0 Å². The van der Waals surface area contributed by atoms with Crippen molar-refractivity contribution in [2.75, 3.05) is 25.1 Å². The number of benzene rings is 2. The van der Waals surface area contributed by atoms with Crippen molar-refractivity contribution in [2.45, 2.75) is 13.3 Å². The summed E-state index contributed by atoms with van der Waals surface area (Å²) in [5.74, 6) is 0.266. The van der Waals surface area contributed by atoms with Gasteiger partial charge in [0.05, 0.1) is 13.2 Å². The monoisotopic (exact) mass is 401 g/mol. The number of fused-ring (bicyclic) bond motifs is 1. The van der Waals surface area contributed by atoms with Crippen LogP contribution in [-0.4, -0.2) is 31.7 Å². The highest BCUT2D eigenvalue weighted by atomic mass is 35.5. The molecule has 0 bridgehead atoms. The first-order chi connectivity index (χ1) is 13.5. The molecule has 0 spiro atoms. The summed E-state index contributed by atoms with van der Waals surface area (Å²) in [5, 5.41) is 3.18. The van der Waals surface area contributed by atoms with E-state index >= 15 is 0 Å². The SMILES string of the molecule is Cc1ccc(Cl)cc1NC(=O)COC(=O)/C=C/c1ccc2c(c1)OCCCO2. The second-order valence-electron chi connectivity index (χ2n) is 6.21. The topological polar surface area (TPSA) is 73.9 Å². The van der Waals surface area contributed by atoms with E-state index < -0.39 is 18.5 Å². The van der Waals surface area contributed by atoms with Crippen molar-refractivity contribution in [3.05, 3.63) is 58.6 Å². The van der Waals surface area contributed by atoms with Crippen molar-refractivity contribution < 1.29 is 23.8 Å². The molecule has 1 N–H and O–H groups in total. The van der Waals surface area contributed by atoms with Crippen LogP contribution in [0.15, 0.2) is 42.5 Å². The molecule has 28 heavy (non-hydrogen) atoms. The van der Waals surface area contributed by atoms with Crippen molar-refractivity contribution in [2.24, 2.45) is 0 Å². The summed E-state index contributed by atoms with van der Waals surface area (Å²) in [7, 11) is 0. The molecule has 0 radical (unpaired) electrons. The average molecular weight is 402 g/mol. The van der Waals surface area contributed by atoms with Crippen LogP contribution >= 0.6 is 11.6 Å². The molecular weight excluding hydrogens is 382 g/mol. The van der Waals surface area contributed by atoms with E-state index in [4.69, 9.17) is 25.8 Å². The van der Waals surface area contributed by atoms with Gasteiger partial charge in [-0.25, -0.2) is 4.79 Å². The number of esters is 1. The van der Waals surface area contributed by atoms with Gasteiger partial charge in [0.2, 0.25) is 0 Å². The summed E-state index contributed by atoms with van der Waals surface area (Å²) >= 11 is 5.92. The van der Waals surface area contributed by atoms with Crippen molar-refractivity contribution in [1.82, 2.24) is 0 Å². The first kappa shape index (κ1) is 19.8. The third-order valence-electron chi connectivity index (χ3n) is 4.00. The highest BCUT2D eigenvalue weighted by Crippen LogP contribution is 2.30. The van der Waals surface area contributed by atoms with Gasteiger partial charge in [-0.2, -0.15) is 0 Å². The molecule has 0 unspecified atom stereocenters. The predicted molar refractivity (Wildman–Crippen MR) is 107 cm³/mol. The number of amides is 1. The number of anilines is 1. The number of rotatable bonds is 5. The Hall–Kier alpha value is -2.99. The summed E-state index contributed by atoms with van der Waals surface area (Å²) < 4.78 is 16.2. The molecule has 1 amide bonds. The molecule has 7 heteroatoms. The summed E-state index contributed by atoms with van der Waals surface area (Å²) in [6.45, 7) is 2.65. The molecule has 1 aliphatic rings. The zero-order valence-electron chi connectivity index (χ0n) is 15.4. The van der Waals surface area contributed by atoms with Gasteiger partial charge >= 0.3 is 5.97 Å². The molecule has 1 aliphatic heterocycles. The Morgan fingerprint density at radius 1 is 1.14 bits per heavy atom. The number of carbonyl (C=O) groups is 2. The molecule has 0 aliphatic carbocycles. The fourth-order valence-corrected chi connectivity index (χ4v) is 2.72. The van der Waals surface area contributed by atoms with Gasteiger partial charge in [-0.05, 0) is 48.4 Å². The van der Waals surface area contributed by atoms with Crippen LogP contribution in [0.2, 0.25) is 5.02 Å². The Bertz CT molecular complexity index is 910. The zero-order valence-corrected chi connectivity index (χ0v) is 16.1. The number of nitrogens with one attached hydrogen (secondary N) is 1. The molecule has 0 atom stereocenters. The first-order valence-corrected chi connectivity index (χ1v) is 9.19. The van der Waals surface area contributed by atoms with Gasteiger partial charge in [-0.15, -0.1) is 0 Å². The van der Waals surface area contributed by atoms with Crippen LogP contribution in [0.5, 0.6) is 11.5 Å². The second-order valence-corrected chi connectivity index (χ2v) is 6.64. The number of ether oxygens (including phenoxy) is 3. The molecule has 0 fully saturated rings. The van der Waals surface area contributed by atoms with Gasteiger partial charge in [0.15, 0.2) is 18.1 Å². The van der Waals surface area contributed by atoms with Crippen LogP contribution < -0.4 is 14.8 Å². The molecule has 1 heterocycles. The third kappa shape index (κ3) is 5.50.